The molecular formula is C18H22ClN3O3. The van der Waals surface area contributed by atoms with Crippen LogP contribution in [0.1, 0.15) is 40.9 Å². The Balaban J connectivity index is 0.00000225. The van der Waals surface area contributed by atoms with Gasteiger partial charge >= 0.3 is 0 Å². The highest BCUT2D eigenvalue weighted by Crippen LogP contribution is 2.27. The predicted octanol–water partition coefficient (Wildman–Crippen LogP) is 2.83. The van der Waals surface area contributed by atoms with Crippen molar-refractivity contribution in [3.63, 3.8) is 0 Å². The first-order chi connectivity index (χ1) is 11.7. The molecule has 1 fully saturated rings. The van der Waals surface area contributed by atoms with Gasteiger partial charge in [0.05, 0.1) is 12.1 Å². The van der Waals surface area contributed by atoms with Gasteiger partial charge < -0.3 is 20.8 Å². The number of benzene rings is 1. The van der Waals surface area contributed by atoms with Gasteiger partial charge in [0.2, 0.25) is 5.91 Å². The summed E-state index contributed by atoms with van der Waals surface area (Å²) in [4.78, 5) is 24.1. The molecule has 0 unspecified atom stereocenters. The van der Waals surface area contributed by atoms with Crippen LogP contribution in [0.5, 0.6) is 0 Å². The molecule has 1 aromatic heterocycles. The third-order valence-electron chi connectivity index (χ3n) is 4.24. The van der Waals surface area contributed by atoms with E-state index in [1.165, 1.54) is 6.26 Å². The molecule has 0 radical (unpaired) electrons. The Bertz CT molecular complexity index is 741. The van der Waals surface area contributed by atoms with E-state index < -0.39 is 0 Å². The van der Waals surface area contributed by atoms with Crippen LogP contribution in [0.2, 0.25) is 0 Å². The molecule has 4 N–H and O–H groups in total. The number of nitrogens with two attached hydrogens (primary N) is 1. The first-order valence-corrected chi connectivity index (χ1v) is 8.11. The summed E-state index contributed by atoms with van der Waals surface area (Å²) < 4.78 is 5.16. The van der Waals surface area contributed by atoms with Gasteiger partial charge in [0, 0.05) is 18.2 Å². The molecular weight excluding hydrogens is 342 g/mol. The van der Waals surface area contributed by atoms with Gasteiger partial charge in [-0.3, -0.25) is 9.59 Å². The molecule has 2 aromatic rings. The van der Waals surface area contributed by atoms with Gasteiger partial charge in [-0.1, -0.05) is 18.6 Å². The Morgan fingerprint density at radius 3 is 2.68 bits per heavy atom. The highest BCUT2D eigenvalue weighted by molar-refractivity contribution is 5.94. The van der Waals surface area contributed by atoms with E-state index in [4.69, 9.17) is 10.2 Å². The lowest BCUT2D eigenvalue weighted by Crippen LogP contribution is -2.28. The van der Waals surface area contributed by atoms with Gasteiger partial charge in [0.1, 0.15) is 12.0 Å². The zero-order valence-electron chi connectivity index (χ0n) is 13.8. The first kappa shape index (κ1) is 19.0. The monoisotopic (exact) mass is 363 g/mol. The molecule has 0 aliphatic heterocycles. The lowest BCUT2D eigenvalue weighted by Gasteiger charge is -2.24. The van der Waals surface area contributed by atoms with Crippen molar-refractivity contribution in [2.75, 3.05) is 5.32 Å². The summed E-state index contributed by atoms with van der Waals surface area (Å²) in [6.45, 7) is 0.630. The number of furan rings is 1. The third kappa shape index (κ3) is 4.84. The van der Waals surface area contributed by atoms with E-state index in [0.717, 1.165) is 30.5 Å². The minimum atomic E-state index is -0.220. The van der Waals surface area contributed by atoms with Gasteiger partial charge in [-0.05, 0) is 36.6 Å². The minimum Gasteiger partial charge on any atom is -0.467 e. The van der Waals surface area contributed by atoms with Crippen molar-refractivity contribution in [1.29, 1.82) is 0 Å². The zero-order chi connectivity index (χ0) is 16.9. The molecule has 0 bridgehead atoms. The van der Waals surface area contributed by atoms with Crippen LogP contribution in [0, 0.1) is 5.92 Å². The molecule has 1 aromatic carbocycles. The van der Waals surface area contributed by atoms with E-state index in [9.17, 15) is 9.59 Å². The van der Waals surface area contributed by atoms with Gasteiger partial charge in [0.25, 0.3) is 5.91 Å². The van der Waals surface area contributed by atoms with Crippen LogP contribution in [0.25, 0.3) is 0 Å². The lowest BCUT2D eigenvalue weighted by molar-refractivity contribution is -0.122. The highest BCUT2D eigenvalue weighted by Gasteiger charge is 2.25. The molecule has 1 aliphatic rings. The Hall–Kier alpha value is -2.31. The molecule has 0 atom stereocenters. The van der Waals surface area contributed by atoms with Gasteiger partial charge in [-0.15, -0.1) is 12.4 Å². The second kappa shape index (κ2) is 8.69. The Morgan fingerprint density at radius 2 is 2.04 bits per heavy atom. The third-order valence-corrected chi connectivity index (χ3v) is 4.24. The number of nitrogens with one attached hydrogen (secondary N) is 2. The number of hydrogen-bond acceptors (Lipinski definition) is 4. The Morgan fingerprint density at radius 1 is 1.24 bits per heavy atom. The molecule has 0 saturated heterocycles. The van der Waals surface area contributed by atoms with Gasteiger partial charge in [-0.2, -0.15) is 0 Å². The van der Waals surface area contributed by atoms with Crippen LogP contribution < -0.4 is 16.4 Å². The molecule has 25 heavy (non-hydrogen) atoms. The summed E-state index contributed by atoms with van der Waals surface area (Å²) in [5.41, 5.74) is 7.58. The lowest BCUT2D eigenvalue weighted by atomic mass is 9.85. The molecule has 7 heteroatoms. The maximum absolute atomic E-state index is 12.1. The molecule has 0 spiro atoms. The zero-order valence-corrected chi connectivity index (χ0v) is 14.6. The molecule has 1 heterocycles. The van der Waals surface area contributed by atoms with Crippen molar-refractivity contribution in [1.82, 2.24) is 5.32 Å². The highest BCUT2D eigenvalue weighted by atomic mass is 35.5. The average Bonchev–Trinajstić information content (AvgIpc) is 3.00. The van der Waals surface area contributed by atoms with E-state index in [1.807, 2.05) is 24.3 Å². The molecule has 1 saturated carbocycles. The largest absolute Gasteiger partial charge is 0.467 e. The second-order valence-electron chi connectivity index (χ2n) is 6.01. The summed E-state index contributed by atoms with van der Waals surface area (Å²) >= 11 is 0. The summed E-state index contributed by atoms with van der Waals surface area (Å²) in [7, 11) is 0. The van der Waals surface area contributed by atoms with Gasteiger partial charge in [-0.25, -0.2) is 0 Å². The van der Waals surface area contributed by atoms with Crippen molar-refractivity contribution >= 4 is 29.9 Å². The standard InChI is InChI=1S/C18H21N3O3.ClH/c19-9-16-8-14(11-24-16)17(22)20-10-12-3-1-6-15(7-12)21-18(23)13-4-2-5-13;/h1,3,6-8,11,13H,2,4-5,9-10,19H2,(H,20,22)(H,21,23);1H. The van der Waals surface area contributed by atoms with Crippen molar-refractivity contribution < 1.29 is 14.0 Å². The number of anilines is 1. The fourth-order valence-electron chi connectivity index (χ4n) is 2.56. The fourth-order valence-corrected chi connectivity index (χ4v) is 2.56. The van der Waals surface area contributed by atoms with E-state index in [1.54, 1.807) is 6.07 Å². The minimum absolute atomic E-state index is 0. The van der Waals surface area contributed by atoms with Crippen LogP contribution in [0.15, 0.2) is 41.0 Å². The topological polar surface area (TPSA) is 97.4 Å². The maximum atomic E-state index is 12.1. The smallest absolute Gasteiger partial charge is 0.254 e. The van der Waals surface area contributed by atoms with E-state index >= 15 is 0 Å². The van der Waals surface area contributed by atoms with E-state index in [2.05, 4.69) is 10.6 Å². The number of carbonyl (C=O) groups excluding carboxylic acids is 2. The Labute approximate surface area is 152 Å². The van der Waals surface area contributed by atoms with Crippen LogP contribution >= 0.6 is 12.4 Å². The van der Waals surface area contributed by atoms with Crippen LogP contribution in [0.3, 0.4) is 0 Å². The number of halogens is 1. The van der Waals surface area contributed by atoms with E-state index in [0.29, 0.717) is 17.9 Å². The molecule has 134 valence electrons. The maximum Gasteiger partial charge on any atom is 0.254 e. The first-order valence-electron chi connectivity index (χ1n) is 8.11. The molecule has 1 aliphatic carbocycles. The van der Waals surface area contributed by atoms with Gasteiger partial charge in [0.15, 0.2) is 0 Å². The fraction of sp³-hybridized carbons (Fsp3) is 0.333. The van der Waals surface area contributed by atoms with Crippen molar-refractivity contribution in [3.8, 4) is 0 Å². The number of rotatable bonds is 6. The number of amides is 2. The normalized spacial score (nSPS) is 13.5. The van der Waals surface area contributed by atoms with Crippen LogP contribution in [-0.2, 0) is 17.9 Å². The predicted molar refractivity (Wildman–Crippen MR) is 97.4 cm³/mol. The molecule has 2 amide bonds. The summed E-state index contributed by atoms with van der Waals surface area (Å²) in [6.07, 6.45) is 4.46. The SMILES string of the molecule is Cl.NCc1cc(C(=O)NCc2cccc(NC(=O)C3CCC3)c2)co1. The quantitative estimate of drug-likeness (QED) is 0.735. The molecule has 3 rings (SSSR count). The summed E-state index contributed by atoms with van der Waals surface area (Å²) in [5.74, 6) is 0.574. The Kier molecular flexibility index (Phi) is 6.61. The van der Waals surface area contributed by atoms with Crippen LogP contribution in [-0.4, -0.2) is 11.8 Å². The summed E-state index contributed by atoms with van der Waals surface area (Å²) in [6, 6.07) is 9.12. The van der Waals surface area contributed by atoms with Crippen molar-refractivity contribution in [2.24, 2.45) is 11.7 Å². The van der Waals surface area contributed by atoms with Crippen molar-refractivity contribution in [3.05, 3.63) is 53.5 Å². The average molecular weight is 364 g/mol. The van der Waals surface area contributed by atoms with Crippen molar-refractivity contribution in [2.45, 2.75) is 32.4 Å². The number of hydrogen-bond donors (Lipinski definition) is 3. The molecule has 6 nitrogen and oxygen atoms in total. The summed E-state index contributed by atoms with van der Waals surface area (Å²) in [5, 5.41) is 5.76. The van der Waals surface area contributed by atoms with Crippen LogP contribution in [0.4, 0.5) is 5.69 Å². The number of carbonyl (C=O) groups is 2. The van der Waals surface area contributed by atoms with E-state index in [-0.39, 0.29) is 36.7 Å². The second-order valence-corrected chi connectivity index (χ2v) is 6.01.